The van der Waals surface area contributed by atoms with Crippen LogP contribution in [0, 0.1) is 0 Å². The number of amides is 1. The lowest BCUT2D eigenvalue weighted by Gasteiger charge is -2.13. The second-order valence-corrected chi connectivity index (χ2v) is 4.74. The fraction of sp³-hybridized carbons (Fsp3) is 0.286. The van der Waals surface area contributed by atoms with Crippen molar-refractivity contribution in [2.75, 3.05) is 18.4 Å². The van der Waals surface area contributed by atoms with Crippen molar-refractivity contribution in [2.45, 2.75) is 13.3 Å². The standard InChI is InChI=1S/C14H17ClN4O/c1-2-6-16-9-13(20)18-12-5-3-4-11(15)14(12)19-8-7-17-10-19/h3-5,7-8,10,16H,2,6,9H2,1H3,(H,18,20). The minimum absolute atomic E-state index is 0.0953. The van der Waals surface area contributed by atoms with E-state index >= 15 is 0 Å². The largest absolute Gasteiger partial charge is 0.323 e. The molecule has 2 aromatic rings. The van der Waals surface area contributed by atoms with Gasteiger partial charge < -0.3 is 15.2 Å². The number of anilines is 1. The minimum atomic E-state index is -0.0953. The van der Waals surface area contributed by atoms with Crippen LogP contribution in [0.25, 0.3) is 5.69 Å². The molecule has 1 heterocycles. The molecule has 5 nitrogen and oxygen atoms in total. The third kappa shape index (κ3) is 3.59. The summed E-state index contributed by atoms with van der Waals surface area (Å²) in [6, 6.07) is 5.40. The Kier molecular flexibility index (Phi) is 5.15. The van der Waals surface area contributed by atoms with Crippen molar-refractivity contribution >= 4 is 23.2 Å². The zero-order valence-corrected chi connectivity index (χ0v) is 12.0. The number of hydrogen-bond acceptors (Lipinski definition) is 3. The summed E-state index contributed by atoms with van der Waals surface area (Å²) < 4.78 is 1.78. The van der Waals surface area contributed by atoms with Crippen LogP contribution in [0.3, 0.4) is 0 Å². The van der Waals surface area contributed by atoms with Gasteiger partial charge in [0.15, 0.2) is 0 Å². The Bertz CT molecular complexity index is 569. The maximum absolute atomic E-state index is 11.9. The second kappa shape index (κ2) is 7.07. The van der Waals surface area contributed by atoms with E-state index in [1.807, 2.05) is 6.07 Å². The molecular weight excluding hydrogens is 276 g/mol. The maximum atomic E-state index is 11.9. The van der Waals surface area contributed by atoms with Gasteiger partial charge in [-0.15, -0.1) is 0 Å². The summed E-state index contributed by atoms with van der Waals surface area (Å²) in [5.74, 6) is -0.0953. The predicted octanol–water partition coefficient (Wildman–Crippen LogP) is 2.46. The first-order valence-corrected chi connectivity index (χ1v) is 6.87. The number of imidazole rings is 1. The summed E-state index contributed by atoms with van der Waals surface area (Å²) in [5, 5.41) is 6.48. The van der Waals surface area contributed by atoms with Crippen LogP contribution in [-0.2, 0) is 4.79 Å². The van der Waals surface area contributed by atoms with Gasteiger partial charge in [-0.05, 0) is 25.1 Å². The molecular formula is C14H17ClN4O. The third-order valence-electron chi connectivity index (χ3n) is 2.74. The number of aromatic nitrogens is 2. The second-order valence-electron chi connectivity index (χ2n) is 4.33. The summed E-state index contributed by atoms with van der Waals surface area (Å²) in [7, 11) is 0. The summed E-state index contributed by atoms with van der Waals surface area (Å²) in [6.45, 7) is 3.15. The Morgan fingerprint density at radius 2 is 2.30 bits per heavy atom. The molecule has 1 aromatic heterocycles. The lowest BCUT2D eigenvalue weighted by molar-refractivity contribution is -0.115. The van der Waals surface area contributed by atoms with Gasteiger partial charge in [0.2, 0.25) is 5.91 Å². The van der Waals surface area contributed by atoms with Gasteiger partial charge in [-0.3, -0.25) is 4.79 Å². The van der Waals surface area contributed by atoms with Gasteiger partial charge in [-0.1, -0.05) is 24.6 Å². The lowest BCUT2D eigenvalue weighted by atomic mass is 10.2. The van der Waals surface area contributed by atoms with E-state index in [2.05, 4.69) is 22.5 Å². The molecule has 20 heavy (non-hydrogen) atoms. The van der Waals surface area contributed by atoms with Crippen LogP contribution in [0.4, 0.5) is 5.69 Å². The van der Waals surface area contributed by atoms with E-state index in [1.165, 1.54) is 0 Å². The van der Waals surface area contributed by atoms with Crippen LogP contribution in [0.15, 0.2) is 36.9 Å². The highest BCUT2D eigenvalue weighted by atomic mass is 35.5. The van der Waals surface area contributed by atoms with Crippen molar-refractivity contribution in [3.8, 4) is 5.69 Å². The van der Waals surface area contributed by atoms with Gasteiger partial charge in [-0.2, -0.15) is 0 Å². The van der Waals surface area contributed by atoms with E-state index in [0.717, 1.165) is 18.7 Å². The molecule has 0 fully saturated rings. The van der Waals surface area contributed by atoms with Crippen molar-refractivity contribution < 1.29 is 4.79 Å². The van der Waals surface area contributed by atoms with Crippen molar-refractivity contribution in [3.63, 3.8) is 0 Å². The normalized spacial score (nSPS) is 10.5. The van der Waals surface area contributed by atoms with Gasteiger partial charge in [0, 0.05) is 12.4 Å². The quantitative estimate of drug-likeness (QED) is 0.804. The zero-order valence-electron chi connectivity index (χ0n) is 11.3. The Balaban J connectivity index is 2.16. The molecule has 1 aromatic carbocycles. The van der Waals surface area contributed by atoms with Crippen molar-refractivity contribution in [3.05, 3.63) is 41.9 Å². The SMILES string of the molecule is CCCNCC(=O)Nc1cccc(Cl)c1-n1ccnc1. The number of carbonyl (C=O) groups is 1. The maximum Gasteiger partial charge on any atom is 0.238 e. The first kappa shape index (κ1) is 14.6. The highest BCUT2D eigenvalue weighted by Gasteiger charge is 2.11. The predicted molar refractivity (Wildman–Crippen MR) is 80.4 cm³/mol. The van der Waals surface area contributed by atoms with Gasteiger partial charge in [0.05, 0.1) is 29.3 Å². The zero-order chi connectivity index (χ0) is 14.4. The lowest BCUT2D eigenvalue weighted by Crippen LogP contribution is -2.28. The molecule has 0 bridgehead atoms. The highest BCUT2D eigenvalue weighted by Crippen LogP contribution is 2.28. The Labute approximate surface area is 123 Å². The number of para-hydroxylation sites is 1. The first-order chi connectivity index (χ1) is 9.72. The molecule has 0 saturated carbocycles. The number of nitrogens with zero attached hydrogens (tertiary/aromatic N) is 2. The van der Waals surface area contributed by atoms with E-state index in [4.69, 9.17) is 11.6 Å². The molecule has 0 spiro atoms. The molecule has 2 rings (SSSR count). The van der Waals surface area contributed by atoms with Gasteiger partial charge in [0.25, 0.3) is 0 Å². The Morgan fingerprint density at radius 1 is 1.45 bits per heavy atom. The van der Waals surface area contributed by atoms with Crippen molar-refractivity contribution in [2.24, 2.45) is 0 Å². The molecule has 6 heteroatoms. The van der Waals surface area contributed by atoms with E-state index in [9.17, 15) is 4.79 Å². The van der Waals surface area contributed by atoms with Gasteiger partial charge >= 0.3 is 0 Å². The summed E-state index contributed by atoms with van der Waals surface area (Å²) >= 11 is 6.22. The number of halogens is 1. The van der Waals surface area contributed by atoms with Crippen LogP contribution in [0.1, 0.15) is 13.3 Å². The molecule has 0 aliphatic rings. The summed E-state index contributed by atoms with van der Waals surface area (Å²) in [4.78, 5) is 15.9. The molecule has 0 radical (unpaired) electrons. The van der Waals surface area contributed by atoms with Crippen LogP contribution < -0.4 is 10.6 Å². The van der Waals surface area contributed by atoms with Crippen LogP contribution in [0.5, 0.6) is 0 Å². The number of rotatable bonds is 6. The molecule has 0 unspecified atom stereocenters. The number of hydrogen-bond donors (Lipinski definition) is 2. The van der Waals surface area contributed by atoms with Crippen molar-refractivity contribution in [1.82, 2.24) is 14.9 Å². The van der Waals surface area contributed by atoms with Gasteiger partial charge in [-0.25, -0.2) is 4.98 Å². The number of carbonyl (C=O) groups excluding carboxylic acids is 1. The first-order valence-electron chi connectivity index (χ1n) is 6.49. The average Bonchev–Trinajstić information content (AvgIpc) is 2.93. The third-order valence-corrected chi connectivity index (χ3v) is 3.04. The summed E-state index contributed by atoms with van der Waals surface area (Å²) in [5.41, 5.74) is 1.38. The highest BCUT2D eigenvalue weighted by molar-refractivity contribution is 6.33. The monoisotopic (exact) mass is 292 g/mol. The fourth-order valence-corrected chi connectivity index (χ4v) is 2.12. The molecule has 0 saturated heterocycles. The molecule has 2 N–H and O–H groups in total. The van der Waals surface area contributed by atoms with E-state index in [1.54, 1.807) is 35.4 Å². The van der Waals surface area contributed by atoms with Crippen LogP contribution >= 0.6 is 11.6 Å². The number of nitrogens with one attached hydrogen (secondary N) is 2. The van der Waals surface area contributed by atoms with E-state index < -0.39 is 0 Å². The molecule has 0 aliphatic carbocycles. The van der Waals surface area contributed by atoms with Gasteiger partial charge in [0.1, 0.15) is 0 Å². The molecule has 0 aliphatic heterocycles. The van der Waals surface area contributed by atoms with E-state index in [-0.39, 0.29) is 12.5 Å². The molecule has 0 atom stereocenters. The average molecular weight is 293 g/mol. The molecule has 1 amide bonds. The van der Waals surface area contributed by atoms with E-state index in [0.29, 0.717) is 10.7 Å². The summed E-state index contributed by atoms with van der Waals surface area (Å²) in [6.07, 6.45) is 6.08. The number of benzene rings is 1. The fourth-order valence-electron chi connectivity index (χ4n) is 1.84. The minimum Gasteiger partial charge on any atom is -0.323 e. The topological polar surface area (TPSA) is 59.0 Å². The Morgan fingerprint density at radius 3 is 3.00 bits per heavy atom. The van der Waals surface area contributed by atoms with Crippen LogP contribution in [0.2, 0.25) is 5.02 Å². The van der Waals surface area contributed by atoms with Crippen molar-refractivity contribution in [1.29, 1.82) is 0 Å². The molecule has 106 valence electrons. The Hall–Kier alpha value is -1.85. The van der Waals surface area contributed by atoms with Crippen LogP contribution in [-0.4, -0.2) is 28.5 Å². The smallest absolute Gasteiger partial charge is 0.238 e.